The number of amides is 1. The van der Waals surface area contributed by atoms with Gasteiger partial charge < -0.3 is 14.2 Å². The molecule has 1 aliphatic carbocycles. The van der Waals surface area contributed by atoms with Crippen LogP contribution in [-0.2, 0) is 16.6 Å². The third kappa shape index (κ3) is 2.72. The van der Waals surface area contributed by atoms with Gasteiger partial charge in [-0.2, -0.15) is 0 Å². The zero-order valence-electron chi connectivity index (χ0n) is 15.8. The highest BCUT2D eigenvalue weighted by Gasteiger charge is 2.55. The standard InChI is InChI=1S/C19H30N2O3/c1-7-19(6)14-8-9-21(16(22)23-17(2,3)4)12-18(14,5)10-13-11-20-24-15(13)19/h11,14H,7-10,12H2,1-6H3/t14-,18-,19-/m0/s1. The molecule has 1 aromatic rings. The Morgan fingerprint density at radius 2 is 2.17 bits per heavy atom. The summed E-state index contributed by atoms with van der Waals surface area (Å²) >= 11 is 0. The van der Waals surface area contributed by atoms with Crippen LogP contribution < -0.4 is 0 Å². The maximum Gasteiger partial charge on any atom is 0.410 e. The van der Waals surface area contributed by atoms with Crippen molar-refractivity contribution in [3.8, 4) is 0 Å². The van der Waals surface area contributed by atoms with E-state index in [1.807, 2.05) is 31.9 Å². The minimum absolute atomic E-state index is 0.0150. The first-order chi connectivity index (χ1) is 11.1. The normalized spacial score (nSPS) is 32.9. The average Bonchev–Trinajstić information content (AvgIpc) is 2.92. The van der Waals surface area contributed by atoms with E-state index in [0.717, 1.165) is 38.1 Å². The van der Waals surface area contributed by atoms with Crippen LogP contribution in [0.3, 0.4) is 0 Å². The predicted molar refractivity (Wildman–Crippen MR) is 91.9 cm³/mol. The summed E-state index contributed by atoms with van der Waals surface area (Å²) < 4.78 is 11.2. The molecule has 0 unspecified atom stereocenters. The van der Waals surface area contributed by atoms with Gasteiger partial charge in [-0.1, -0.05) is 25.9 Å². The smallest absolute Gasteiger partial charge is 0.410 e. The van der Waals surface area contributed by atoms with E-state index in [4.69, 9.17) is 9.26 Å². The number of nitrogens with zero attached hydrogens (tertiary/aromatic N) is 2. The van der Waals surface area contributed by atoms with Gasteiger partial charge in [0.2, 0.25) is 0 Å². The molecular weight excluding hydrogens is 304 g/mol. The summed E-state index contributed by atoms with van der Waals surface area (Å²) in [5.41, 5.74) is 0.752. The monoisotopic (exact) mass is 334 g/mol. The Bertz CT molecular complexity index is 633. The molecule has 1 fully saturated rings. The molecule has 2 heterocycles. The molecule has 0 spiro atoms. The molecule has 1 saturated heterocycles. The quantitative estimate of drug-likeness (QED) is 0.774. The van der Waals surface area contributed by atoms with Gasteiger partial charge >= 0.3 is 6.09 Å². The van der Waals surface area contributed by atoms with Crippen LogP contribution in [0.2, 0.25) is 0 Å². The zero-order chi connectivity index (χ0) is 17.8. The number of aromatic nitrogens is 1. The van der Waals surface area contributed by atoms with Crippen molar-refractivity contribution in [1.82, 2.24) is 10.1 Å². The molecule has 1 aromatic heterocycles. The molecule has 0 N–H and O–H groups in total. The molecule has 3 rings (SSSR count). The fourth-order valence-corrected chi connectivity index (χ4v) is 4.86. The van der Waals surface area contributed by atoms with E-state index in [2.05, 4.69) is 25.9 Å². The number of fused-ring (bicyclic) bond motifs is 2. The largest absolute Gasteiger partial charge is 0.444 e. The number of carbonyl (C=O) groups excluding carboxylic acids is 1. The van der Waals surface area contributed by atoms with E-state index in [-0.39, 0.29) is 16.9 Å². The lowest BCUT2D eigenvalue weighted by atomic mass is 9.53. The summed E-state index contributed by atoms with van der Waals surface area (Å²) in [5, 5.41) is 4.06. The van der Waals surface area contributed by atoms with Crippen LogP contribution in [0.4, 0.5) is 4.79 Å². The molecule has 5 heteroatoms. The third-order valence-corrected chi connectivity index (χ3v) is 5.99. The van der Waals surface area contributed by atoms with E-state index in [0.29, 0.717) is 5.92 Å². The van der Waals surface area contributed by atoms with Crippen molar-refractivity contribution in [2.24, 2.45) is 11.3 Å². The van der Waals surface area contributed by atoms with Crippen LogP contribution in [0.25, 0.3) is 0 Å². The number of likely N-dealkylation sites (tertiary alicyclic amines) is 1. The van der Waals surface area contributed by atoms with Crippen LogP contribution in [0.5, 0.6) is 0 Å². The SMILES string of the molecule is CC[C@]1(C)c2oncc2C[C@@]2(C)CN(C(=O)OC(C)(C)C)CC[C@@H]21. The maximum absolute atomic E-state index is 12.5. The van der Waals surface area contributed by atoms with Gasteiger partial charge in [-0.25, -0.2) is 4.79 Å². The number of piperidine rings is 1. The van der Waals surface area contributed by atoms with Crippen molar-refractivity contribution < 1.29 is 14.1 Å². The van der Waals surface area contributed by atoms with Gasteiger partial charge in [0, 0.05) is 24.1 Å². The first kappa shape index (κ1) is 17.3. The molecular formula is C19H30N2O3. The molecule has 1 amide bonds. The lowest BCUT2D eigenvalue weighted by molar-refractivity contribution is -0.0381. The van der Waals surface area contributed by atoms with Crippen molar-refractivity contribution in [2.45, 2.75) is 71.8 Å². The summed E-state index contributed by atoms with van der Waals surface area (Å²) in [4.78, 5) is 14.4. The van der Waals surface area contributed by atoms with Gasteiger partial charge in [0.05, 0.1) is 6.20 Å². The zero-order valence-corrected chi connectivity index (χ0v) is 15.8. The Labute approximate surface area is 144 Å². The number of ether oxygens (including phenoxy) is 1. The number of carbonyl (C=O) groups is 1. The second kappa shape index (κ2) is 5.50. The van der Waals surface area contributed by atoms with E-state index in [9.17, 15) is 4.79 Å². The highest BCUT2D eigenvalue weighted by atomic mass is 16.6. The van der Waals surface area contributed by atoms with E-state index in [1.54, 1.807) is 0 Å². The minimum atomic E-state index is -0.457. The van der Waals surface area contributed by atoms with Gasteiger partial charge in [0.25, 0.3) is 0 Å². The Kier molecular flexibility index (Phi) is 3.97. The highest BCUT2D eigenvalue weighted by molar-refractivity contribution is 5.68. The third-order valence-electron chi connectivity index (χ3n) is 5.99. The Hall–Kier alpha value is -1.52. The summed E-state index contributed by atoms with van der Waals surface area (Å²) in [6.07, 6.45) is 4.56. The van der Waals surface area contributed by atoms with Crippen LogP contribution in [0, 0.1) is 11.3 Å². The van der Waals surface area contributed by atoms with Gasteiger partial charge in [0.15, 0.2) is 0 Å². The van der Waals surface area contributed by atoms with Crippen molar-refractivity contribution in [3.05, 3.63) is 17.5 Å². The maximum atomic E-state index is 12.5. The molecule has 0 radical (unpaired) electrons. The predicted octanol–water partition coefficient (Wildman–Crippen LogP) is 4.16. The number of hydrogen-bond donors (Lipinski definition) is 0. The van der Waals surface area contributed by atoms with E-state index >= 15 is 0 Å². The fraction of sp³-hybridized carbons (Fsp3) is 0.789. The Balaban J connectivity index is 1.88. The lowest BCUT2D eigenvalue weighted by Gasteiger charge is -2.55. The molecule has 0 saturated carbocycles. The molecule has 134 valence electrons. The molecule has 0 bridgehead atoms. The number of hydrogen-bond acceptors (Lipinski definition) is 4. The molecule has 5 nitrogen and oxygen atoms in total. The van der Waals surface area contributed by atoms with Crippen LogP contribution in [0.15, 0.2) is 10.7 Å². The first-order valence-corrected chi connectivity index (χ1v) is 9.01. The molecule has 3 atom stereocenters. The lowest BCUT2D eigenvalue weighted by Crippen LogP contribution is -2.58. The van der Waals surface area contributed by atoms with Crippen molar-refractivity contribution in [1.29, 1.82) is 0 Å². The van der Waals surface area contributed by atoms with Gasteiger partial charge in [-0.15, -0.1) is 0 Å². The Morgan fingerprint density at radius 3 is 2.79 bits per heavy atom. The van der Waals surface area contributed by atoms with Gasteiger partial charge in [-0.05, 0) is 51.4 Å². The summed E-state index contributed by atoms with van der Waals surface area (Å²) in [5.74, 6) is 1.53. The van der Waals surface area contributed by atoms with Gasteiger partial charge in [-0.3, -0.25) is 0 Å². The average molecular weight is 334 g/mol. The molecule has 24 heavy (non-hydrogen) atoms. The van der Waals surface area contributed by atoms with Crippen LogP contribution in [0.1, 0.15) is 65.7 Å². The van der Waals surface area contributed by atoms with Crippen molar-refractivity contribution in [3.63, 3.8) is 0 Å². The van der Waals surface area contributed by atoms with Gasteiger partial charge in [0.1, 0.15) is 11.4 Å². The summed E-state index contributed by atoms with van der Waals surface area (Å²) in [7, 11) is 0. The topological polar surface area (TPSA) is 55.6 Å². The first-order valence-electron chi connectivity index (χ1n) is 9.01. The highest BCUT2D eigenvalue weighted by Crippen LogP contribution is 2.55. The van der Waals surface area contributed by atoms with E-state index < -0.39 is 5.60 Å². The summed E-state index contributed by atoms with van der Waals surface area (Å²) in [6, 6.07) is 0. The van der Waals surface area contributed by atoms with Crippen LogP contribution >= 0.6 is 0 Å². The minimum Gasteiger partial charge on any atom is -0.444 e. The Morgan fingerprint density at radius 1 is 1.46 bits per heavy atom. The molecule has 0 aromatic carbocycles. The second-order valence-corrected chi connectivity index (χ2v) is 9.03. The second-order valence-electron chi connectivity index (χ2n) is 9.03. The molecule has 1 aliphatic heterocycles. The number of rotatable bonds is 1. The summed E-state index contributed by atoms with van der Waals surface area (Å²) in [6.45, 7) is 14.0. The van der Waals surface area contributed by atoms with E-state index in [1.165, 1.54) is 5.56 Å². The van der Waals surface area contributed by atoms with Crippen LogP contribution in [-0.4, -0.2) is 34.8 Å². The molecule has 2 aliphatic rings. The van der Waals surface area contributed by atoms with Crippen molar-refractivity contribution in [2.75, 3.05) is 13.1 Å². The van der Waals surface area contributed by atoms with Crippen molar-refractivity contribution >= 4 is 6.09 Å². The fourth-order valence-electron chi connectivity index (χ4n) is 4.86.